The minimum atomic E-state index is 0.574. The van der Waals surface area contributed by atoms with Crippen LogP contribution in [-0.2, 0) is 0 Å². The van der Waals surface area contributed by atoms with Gasteiger partial charge in [-0.05, 0) is 26.0 Å². The van der Waals surface area contributed by atoms with Crippen LogP contribution in [0.3, 0.4) is 0 Å². The van der Waals surface area contributed by atoms with E-state index in [0.29, 0.717) is 12.0 Å². The largest absolute Gasteiger partial charge is 0.384 e. The molecular formula is C12H27N2S+. The molecule has 0 aromatic rings. The third-order valence-electron chi connectivity index (χ3n) is 3.05. The fraction of sp³-hybridized carbons (Fsp3) is 0.833. The quantitative estimate of drug-likeness (QED) is 0.543. The third kappa shape index (κ3) is 6.10. The topological polar surface area (TPSA) is 3.24 Å². The maximum atomic E-state index is 4.61. The zero-order valence-electron chi connectivity index (χ0n) is 11.1. The summed E-state index contributed by atoms with van der Waals surface area (Å²) in [6, 6.07) is 0.574. The second kappa shape index (κ2) is 6.44. The van der Waals surface area contributed by atoms with E-state index in [1.54, 1.807) is 0 Å². The van der Waals surface area contributed by atoms with Gasteiger partial charge >= 0.3 is 0 Å². The van der Waals surface area contributed by atoms with Crippen LogP contribution in [0.2, 0.25) is 0 Å². The lowest BCUT2D eigenvalue weighted by Gasteiger charge is -2.34. The molecule has 2 atom stereocenters. The van der Waals surface area contributed by atoms with Crippen LogP contribution in [0.15, 0.2) is 12.3 Å². The number of hydrogen-bond acceptors (Lipinski definition) is 2. The highest BCUT2D eigenvalue weighted by atomic mass is 32.1. The normalized spacial score (nSPS) is 16.7. The molecule has 0 amide bonds. The van der Waals surface area contributed by atoms with E-state index in [0.717, 1.165) is 10.3 Å². The average Bonchev–Trinajstić information content (AvgIpc) is 2.09. The van der Waals surface area contributed by atoms with Gasteiger partial charge in [-0.3, -0.25) is 3.89 Å². The number of rotatable bonds is 6. The zero-order chi connectivity index (χ0) is 12.1. The maximum absolute atomic E-state index is 4.61. The molecule has 0 aromatic carbocycles. The molecule has 0 radical (unpaired) electrons. The number of allylic oxidation sites excluding steroid dienone is 1. The van der Waals surface area contributed by atoms with Crippen LogP contribution in [0.4, 0.5) is 0 Å². The lowest BCUT2D eigenvalue weighted by Crippen LogP contribution is -2.42. The van der Waals surface area contributed by atoms with Gasteiger partial charge in [0.1, 0.15) is 0 Å². The molecule has 0 aliphatic heterocycles. The summed E-state index contributed by atoms with van der Waals surface area (Å²) in [6.45, 7) is 4.54. The van der Waals surface area contributed by atoms with Crippen molar-refractivity contribution in [2.45, 2.75) is 32.7 Å². The molecule has 0 aliphatic rings. The summed E-state index contributed by atoms with van der Waals surface area (Å²) in [5.74, 6) is 0.702. The van der Waals surface area contributed by atoms with E-state index >= 15 is 0 Å². The molecule has 0 heterocycles. The van der Waals surface area contributed by atoms with Crippen LogP contribution in [-0.4, -0.2) is 43.0 Å². The van der Waals surface area contributed by atoms with Crippen LogP contribution in [0.25, 0.3) is 0 Å². The SMILES string of the molecule is CCC(CC=CN(C)C)C(C)[N+](C)(C)S. The summed E-state index contributed by atoms with van der Waals surface area (Å²) in [5, 5.41) is 0. The van der Waals surface area contributed by atoms with Gasteiger partial charge in [-0.25, -0.2) is 0 Å². The van der Waals surface area contributed by atoms with Crippen molar-refractivity contribution in [2.24, 2.45) is 5.92 Å². The van der Waals surface area contributed by atoms with Crippen molar-refractivity contribution < 1.29 is 3.89 Å². The van der Waals surface area contributed by atoms with E-state index in [1.807, 2.05) is 0 Å². The molecule has 15 heavy (non-hydrogen) atoms. The van der Waals surface area contributed by atoms with Gasteiger partial charge in [-0.1, -0.05) is 13.0 Å². The van der Waals surface area contributed by atoms with Crippen LogP contribution >= 0.6 is 12.8 Å². The summed E-state index contributed by atoms with van der Waals surface area (Å²) in [5.41, 5.74) is 0. The first-order valence-electron chi connectivity index (χ1n) is 5.68. The zero-order valence-corrected chi connectivity index (χ0v) is 12.0. The van der Waals surface area contributed by atoms with Gasteiger partial charge in [0.05, 0.1) is 33.0 Å². The van der Waals surface area contributed by atoms with Crippen molar-refractivity contribution in [1.82, 2.24) is 4.90 Å². The molecule has 0 saturated heterocycles. The summed E-state index contributed by atoms with van der Waals surface area (Å²) < 4.78 is 0.744. The lowest BCUT2D eigenvalue weighted by molar-refractivity contribution is -0.780. The van der Waals surface area contributed by atoms with E-state index in [-0.39, 0.29) is 0 Å². The Labute approximate surface area is 101 Å². The second-order valence-corrected chi connectivity index (χ2v) is 6.00. The predicted octanol–water partition coefficient (Wildman–Crippen LogP) is 2.79. The Morgan fingerprint density at radius 1 is 1.33 bits per heavy atom. The molecule has 90 valence electrons. The molecule has 0 bridgehead atoms. The highest BCUT2D eigenvalue weighted by Gasteiger charge is 2.27. The third-order valence-corrected chi connectivity index (χ3v) is 3.41. The van der Waals surface area contributed by atoms with E-state index in [9.17, 15) is 0 Å². The van der Waals surface area contributed by atoms with Crippen molar-refractivity contribution in [3.63, 3.8) is 0 Å². The Morgan fingerprint density at radius 2 is 1.87 bits per heavy atom. The molecule has 0 aliphatic carbocycles. The second-order valence-electron chi connectivity index (χ2n) is 4.97. The lowest BCUT2D eigenvalue weighted by atomic mass is 9.94. The Kier molecular flexibility index (Phi) is 6.37. The Hall–Kier alpha value is -0.150. The van der Waals surface area contributed by atoms with Gasteiger partial charge in [0.15, 0.2) is 0 Å². The average molecular weight is 231 g/mol. The summed E-state index contributed by atoms with van der Waals surface area (Å²) >= 11 is 4.61. The molecule has 3 heteroatoms. The van der Waals surface area contributed by atoms with Gasteiger partial charge in [0.2, 0.25) is 0 Å². The Morgan fingerprint density at radius 3 is 2.20 bits per heavy atom. The van der Waals surface area contributed by atoms with E-state index in [1.165, 1.54) is 6.42 Å². The van der Waals surface area contributed by atoms with Crippen molar-refractivity contribution in [3.05, 3.63) is 12.3 Å². The number of hydrogen-bond donors (Lipinski definition) is 1. The van der Waals surface area contributed by atoms with E-state index in [2.05, 4.69) is 72.0 Å². The monoisotopic (exact) mass is 231 g/mol. The Bertz CT molecular complexity index is 194. The van der Waals surface area contributed by atoms with Gasteiger partial charge in [-0.2, -0.15) is 0 Å². The van der Waals surface area contributed by atoms with Crippen molar-refractivity contribution in [3.8, 4) is 0 Å². The van der Waals surface area contributed by atoms with Gasteiger partial charge < -0.3 is 4.90 Å². The fourth-order valence-electron chi connectivity index (χ4n) is 1.67. The molecule has 0 N–H and O–H groups in total. The highest BCUT2D eigenvalue weighted by Crippen LogP contribution is 2.24. The van der Waals surface area contributed by atoms with Crippen LogP contribution in [0.1, 0.15) is 26.7 Å². The first-order valence-corrected chi connectivity index (χ1v) is 6.08. The van der Waals surface area contributed by atoms with Crippen molar-refractivity contribution in [2.75, 3.05) is 28.2 Å². The minimum absolute atomic E-state index is 0.574. The molecule has 0 aromatic heterocycles. The standard InChI is InChI=1S/C12H27N2S/c1-7-12(9-8-10-13(3)4)11(2)14(5,6)15/h8,10-12,15H,7,9H2,1-6H3/q+1. The maximum Gasteiger partial charge on any atom is 0.0992 e. The smallest absolute Gasteiger partial charge is 0.0992 e. The molecule has 0 saturated carbocycles. The molecule has 0 spiro atoms. The number of quaternary nitrogens is 1. The van der Waals surface area contributed by atoms with Gasteiger partial charge in [0.25, 0.3) is 0 Å². The summed E-state index contributed by atoms with van der Waals surface area (Å²) in [7, 11) is 8.40. The van der Waals surface area contributed by atoms with Gasteiger partial charge in [-0.15, -0.1) is 0 Å². The molecule has 2 unspecified atom stereocenters. The summed E-state index contributed by atoms with van der Waals surface area (Å²) in [4.78, 5) is 2.08. The minimum Gasteiger partial charge on any atom is -0.384 e. The summed E-state index contributed by atoms with van der Waals surface area (Å²) in [6.07, 6.45) is 6.74. The molecular weight excluding hydrogens is 204 g/mol. The van der Waals surface area contributed by atoms with E-state index in [4.69, 9.17) is 0 Å². The van der Waals surface area contributed by atoms with Crippen molar-refractivity contribution >= 4 is 12.8 Å². The molecule has 2 nitrogen and oxygen atoms in total. The first-order chi connectivity index (χ1) is 6.79. The predicted molar refractivity (Wildman–Crippen MR) is 71.8 cm³/mol. The van der Waals surface area contributed by atoms with Crippen LogP contribution < -0.4 is 0 Å². The van der Waals surface area contributed by atoms with E-state index < -0.39 is 0 Å². The van der Waals surface area contributed by atoms with Crippen LogP contribution in [0.5, 0.6) is 0 Å². The van der Waals surface area contributed by atoms with Gasteiger partial charge in [0, 0.05) is 20.0 Å². The number of nitrogens with zero attached hydrogens (tertiary/aromatic N) is 2. The van der Waals surface area contributed by atoms with Crippen molar-refractivity contribution in [1.29, 1.82) is 0 Å². The fourth-order valence-corrected chi connectivity index (χ4v) is 1.86. The number of thiol groups is 1. The Balaban J connectivity index is 4.25. The van der Waals surface area contributed by atoms with Crippen LogP contribution in [0, 0.1) is 5.92 Å². The highest BCUT2D eigenvalue weighted by molar-refractivity contribution is 7.74. The first kappa shape index (κ1) is 14.8. The molecule has 0 rings (SSSR count). The molecule has 0 fully saturated rings.